The minimum Gasteiger partial charge on any atom is -0.508 e. The van der Waals surface area contributed by atoms with Crippen molar-refractivity contribution in [2.75, 3.05) is 0 Å². The Bertz CT molecular complexity index is 356. The summed E-state index contributed by atoms with van der Waals surface area (Å²) in [6.07, 6.45) is 1.57. The molecule has 0 atom stereocenters. The zero-order valence-corrected chi connectivity index (χ0v) is 8.37. The van der Waals surface area contributed by atoms with Crippen molar-refractivity contribution in [2.45, 2.75) is 26.7 Å². The van der Waals surface area contributed by atoms with Crippen LogP contribution in [-0.4, -0.2) is 16.0 Å². The summed E-state index contributed by atoms with van der Waals surface area (Å²) in [5.41, 5.74) is 0.845. The molecule has 3 heteroatoms. The summed E-state index contributed by atoms with van der Waals surface area (Å²) in [5.74, 6) is -0.227. The van der Waals surface area contributed by atoms with E-state index in [0.717, 1.165) is 6.42 Å². The van der Waals surface area contributed by atoms with E-state index in [1.807, 2.05) is 6.92 Å². The molecule has 0 saturated carbocycles. The van der Waals surface area contributed by atoms with Gasteiger partial charge in [-0.2, -0.15) is 0 Å². The minimum atomic E-state index is -0.249. The van der Waals surface area contributed by atoms with Crippen molar-refractivity contribution in [2.24, 2.45) is 0 Å². The zero-order valence-electron chi connectivity index (χ0n) is 8.37. The second-order valence-electron chi connectivity index (χ2n) is 3.30. The molecule has 1 rings (SSSR count). The maximum absolute atomic E-state index is 11.0. The molecular weight excluding hydrogens is 180 g/mol. The third-order valence-corrected chi connectivity index (χ3v) is 2.10. The first kappa shape index (κ1) is 10.6. The van der Waals surface area contributed by atoms with E-state index >= 15 is 0 Å². The van der Waals surface area contributed by atoms with Gasteiger partial charge in [0.15, 0.2) is 5.78 Å². The van der Waals surface area contributed by atoms with Crippen LogP contribution < -0.4 is 0 Å². The van der Waals surface area contributed by atoms with Gasteiger partial charge in [-0.05, 0) is 31.0 Å². The fourth-order valence-corrected chi connectivity index (χ4v) is 1.37. The molecule has 0 aliphatic carbocycles. The lowest BCUT2D eigenvalue weighted by Crippen LogP contribution is -1.95. The normalized spacial score (nSPS) is 10.1. The average molecular weight is 194 g/mol. The van der Waals surface area contributed by atoms with Gasteiger partial charge in [-0.3, -0.25) is 4.79 Å². The van der Waals surface area contributed by atoms with Gasteiger partial charge in [0.05, 0.1) is 5.56 Å². The first-order valence-electron chi connectivity index (χ1n) is 4.62. The number of aryl methyl sites for hydroxylation is 1. The molecule has 76 valence electrons. The summed E-state index contributed by atoms with van der Waals surface area (Å²) in [6.45, 7) is 3.34. The second-order valence-corrected chi connectivity index (χ2v) is 3.30. The van der Waals surface area contributed by atoms with Crippen molar-refractivity contribution < 1.29 is 15.0 Å². The van der Waals surface area contributed by atoms with Crippen LogP contribution in [0.5, 0.6) is 11.5 Å². The van der Waals surface area contributed by atoms with E-state index in [4.69, 9.17) is 0 Å². The molecule has 0 bridgehead atoms. The molecule has 0 aromatic heterocycles. The van der Waals surface area contributed by atoms with Crippen LogP contribution in [0.2, 0.25) is 0 Å². The Morgan fingerprint density at radius 1 is 1.29 bits per heavy atom. The van der Waals surface area contributed by atoms with Crippen molar-refractivity contribution in [3.8, 4) is 11.5 Å². The van der Waals surface area contributed by atoms with E-state index in [0.29, 0.717) is 12.0 Å². The summed E-state index contributed by atoms with van der Waals surface area (Å²) in [4.78, 5) is 11.0. The maximum atomic E-state index is 11.0. The number of ketones is 1. The molecule has 0 aliphatic rings. The van der Waals surface area contributed by atoms with Gasteiger partial charge in [0.25, 0.3) is 0 Å². The predicted molar refractivity (Wildman–Crippen MR) is 53.8 cm³/mol. The number of carbonyl (C=O) groups is 1. The highest BCUT2D eigenvalue weighted by Gasteiger charge is 2.10. The van der Waals surface area contributed by atoms with Crippen LogP contribution in [0.1, 0.15) is 36.2 Å². The lowest BCUT2D eigenvalue weighted by molar-refractivity contribution is 0.101. The Hall–Kier alpha value is -1.51. The number of rotatable bonds is 3. The first-order valence-corrected chi connectivity index (χ1v) is 4.62. The molecule has 0 radical (unpaired) electrons. The van der Waals surface area contributed by atoms with E-state index < -0.39 is 0 Å². The largest absolute Gasteiger partial charge is 0.508 e. The topological polar surface area (TPSA) is 57.5 Å². The highest BCUT2D eigenvalue weighted by atomic mass is 16.3. The average Bonchev–Trinajstić information content (AvgIpc) is 2.10. The van der Waals surface area contributed by atoms with Crippen LogP contribution in [-0.2, 0) is 6.42 Å². The van der Waals surface area contributed by atoms with E-state index in [1.54, 1.807) is 0 Å². The number of carbonyl (C=O) groups excluding carboxylic acids is 1. The monoisotopic (exact) mass is 194 g/mol. The van der Waals surface area contributed by atoms with E-state index in [-0.39, 0.29) is 22.8 Å². The molecule has 0 amide bonds. The molecular formula is C11H14O3. The van der Waals surface area contributed by atoms with Crippen LogP contribution in [0.4, 0.5) is 0 Å². The summed E-state index contributed by atoms with van der Waals surface area (Å²) in [6, 6.07) is 2.78. The highest BCUT2D eigenvalue weighted by molar-refractivity contribution is 5.97. The molecule has 0 spiro atoms. The number of Topliss-reactive ketones (excluding diaryl/α,β-unsaturated/α-hetero) is 1. The summed E-state index contributed by atoms with van der Waals surface area (Å²) >= 11 is 0. The van der Waals surface area contributed by atoms with Gasteiger partial charge in [-0.15, -0.1) is 0 Å². The number of hydrogen-bond acceptors (Lipinski definition) is 3. The summed E-state index contributed by atoms with van der Waals surface area (Å²) < 4.78 is 0. The Morgan fingerprint density at radius 3 is 2.43 bits per heavy atom. The Kier molecular flexibility index (Phi) is 3.12. The van der Waals surface area contributed by atoms with Crippen molar-refractivity contribution in [3.05, 3.63) is 23.3 Å². The van der Waals surface area contributed by atoms with Gasteiger partial charge in [-0.25, -0.2) is 0 Å². The highest BCUT2D eigenvalue weighted by Crippen LogP contribution is 2.28. The number of hydrogen-bond donors (Lipinski definition) is 2. The lowest BCUT2D eigenvalue weighted by atomic mass is 10.0. The molecule has 0 unspecified atom stereocenters. The van der Waals surface area contributed by atoms with Crippen LogP contribution in [0.15, 0.2) is 12.1 Å². The number of benzene rings is 1. The Balaban J connectivity index is 3.17. The van der Waals surface area contributed by atoms with Crippen LogP contribution in [0.3, 0.4) is 0 Å². The van der Waals surface area contributed by atoms with E-state index in [1.165, 1.54) is 19.1 Å². The van der Waals surface area contributed by atoms with Crippen molar-refractivity contribution in [1.29, 1.82) is 0 Å². The van der Waals surface area contributed by atoms with Crippen LogP contribution in [0, 0.1) is 0 Å². The fourth-order valence-electron chi connectivity index (χ4n) is 1.37. The molecule has 0 aliphatic heterocycles. The molecule has 0 fully saturated rings. The quantitative estimate of drug-likeness (QED) is 0.573. The Labute approximate surface area is 83.0 Å². The molecule has 0 heterocycles. The Morgan fingerprint density at radius 2 is 1.93 bits per heavy atom. The molecule has 3 nitrogen and oxygen atoms in total. The standard InChI is InChI=1S/C11H14O3/c1-3-4-8-5-11(14)9(7(2)12)6-10(8)13/h5-6,13-14H,3-4H2,1-2H3. The van der Waals surface area contributed by atoms with Gasteiger partial charge in [0, 0.05) is 0 Å². The number of phenolic OH excluding ortho intramolecular Hbond substituents is 2. The third kappa shape index (κ3) is 2.05. The number of phenols is 2. The van der Waals surface area contributed by atoms with Gasteiger partial charge in [-0.1, -0.05) is 13.3 Å². The SMILES string of the molecule is CCCc1cc(O)c(C(C)=O)cc1O. The summed E-state index contributed by atoms with van der Waals surface area (Å²) in [5, 5.41) is 19.0. The fraction of sp³-hybridized carbons (Fsp3) is 0.364. The molecule has 1 aromatic carbocycles. The van der Waals surface area contributed by atoms with Crippen LogP contribution in [0.25, 0.3) is 0 Å². The maximum Gasteiger partial charge on any atom is 0.163 e. The predicted octanol–water partition coefficient (Wildman–Crippen LogP) is 2.25. The van der Waals surface area contributed by atoms with Gasteiger partial charge < -0.3 is 10.2 Å². The third-order valence-electron chi connectivity index (χ3n) is 2.10. The van der Waals surface area contributed by atoms with Gasteiger partial charge in [0.2, 0.25) is 0 Å². The molecule has 0 saturated heterocycles. The van der Waals surface area contributed by atoms with E-state index in [2.05, 4.69) is 0 Å². The zero-order chi connectivity index (χ0) is 10.7. The smallest absolute Gasteiger partial charge is 0.163 e. The minimum absolute atomic E-state index is 0.0567. The number of aromatic hydroxyl groups is 2. The van der Waals surface area contributed by atoms with Gasteiger partial charge in [0.1, 0.15) is 11.5 Å². The van der Waals surface area contributed by atoms with Crippen molar-refractivity contribution >= 4 is 5.78 Å². The van der Waals surface area contributed by atoms with Crippen LogP contribution >= 0.6 is 0 Å². The first-order chi connectivity index (χ1) is 6.56. The van der Waals surface area contributed by atoms with Gasteiger partial charge >= 0.3 is 0 Å². The lowest BCUT2D eigenvalue weighted by Gasteiger charge is -2.06. The molecule has 1 aromatic rings. The summed E-state index contributed by atoms with van der Waals surface area (Å²) in [7, 11) is 0. The second kappa shape index (κ2) is 4.13. The van der Waals surface area contributed by atoms with Crippen molar-refractivity contribution in [3.63, 3.8) is 0 Å². The van der Waals surface area contributed by atoms with Crippen molar-refractivity contribution in [1.82, 2.24) is 0 Å². The molecule has 2 N–H and O–H groups in total. The van der Waals surface area contributed by atoms with E-state index in [9.17, 15) is 15.0 Å². The molecule has 14 heavy (non-hydrogen) atoms.